The van der Waals surface area contributed by atoms with Crippen LogP contribution in [-0.4, -0.2) is 9.97 Å². The Morgan fingerprint density at radius 2 is 1.02 bits per heavy atom. The fourth-order valence-corrected chi connectivity index (χ4v) is 7.43. The number of benzene rings is 6. The first-order chi connectivity index (χ1) is 22.3. The van der Waals surface area contributed by atoms with Crippen molar-refractivity contribution in [3.8, 4) is 33.5 Å². The summed E-state index contributed by atoms with van der Waals surface area (Å²) in [6.45, 7) is 0. The van der Waals surface area contributed by atoms with Crippen molar-refractivity contribution in [1.82, 2.24) is 9.97 Å². The Labute approximate surface area is 262 Å². The average Bonchev–Trinajstić information content (AvgIpc) is 3.42. The van der Waals surface area contributed by atoms with Crippen LogP contribution in [0.5, 0.6) is 0 Å². The molecule has 9 rings (SSSR count). The van der Waals surface area contributed by atoms with Gasteiger partial charge in [-0.25, -0.2) is 4.98 Å². The second-order valence-electron chi connectivity index (χ2n) is 11.7. The largest absolute Gasteiger partial charge is 0.254 e. The minimum atomic E-state index is -0.465. The lowest BCUT2D eigenvalue weighted by atomic mass is 9.67. The third-order valence-corrected chi connectivity index (χ3v) is 9.39. The van der Waals surface area contributed by atoms with Crippen molar-refractivity contribution in [1.29, 1.82) is 0 Å². The molecule has 2 nitrogen and oxygen atoms in total. The third kappa shape index (κ3) is 3.82. The van der Waals surface area contributed by atoms with E-state index in [4.69, 9.17) is 9.97 Å². The van der Waals surface area contributed by atoms with E-state index in [1.807, 2.05) is 12.3 Å². The predicted molar refractivity (Wildman–Crippen MR) is 185 cm³/mol. The molecule has 45 heavy (non-hydrogen) atoms. The van der Waals surface area contributed by atoms with E-state index in [0.717, 1.165) is 33.1 Å². The maximum Gasteiger partial charge on any atom is 0.0972 e. The molecule has 0 unspecified atom stereocenters. The number of hydrogen-bond acceptors (Lipinski definition) is 2. The van der Waals surface area contributed by atoms with Crippen LogP contribution in [0.25, 0.3) is 55.3 Å². The molecule has 2 heterocycles. The molecule has 0 spiro atoms. The van der Waals surface area contributed by atoms with Gasteiger partial charge in [0.1, 0.15) is 0 Å². The predicted octanol–water partition coefficient (Wildman–Crippen LogP) is 10.5. The summed E-state index contributed by atoms with van der Waals surface area (Å²) in [5.41, 5.74) is 13.4. The van der Waals surface area contributed by atoms with Crippen LogP contribution in [0.3, 0.4) is 0 Å². The summed E-state index contributed by atoms with van der Waals surface area (Å²) in [6, 6.07) is 59.1. The first kappa shape index (κ1) is 25.6. The van der Waals surface area contributed by atoms with Crippen molar-refractivity contribution in [2.75, 3.05) is 0 Å². The number of hydrogen-bond donors (Lipinski definition) is 0. The summed E-state index contributed by atoms with van der Waals surface area (Å²) in [5, 5.41) is 2.18. The van der Waals surface area contributed by atoms with Crippen molar-refractivity contribution in [3.63, 3.8) is 0 Å². The Balaban J connectivity index is 1.40. The second kappa shape index (κ2) is 10.1. The number of pyridine rings is 2. The van der Waals surface area contributed by atoms with Gasteiger partial charge in [0.15, 0.2) is 0 Å². The summed E-state index contributed by atoms with van der Waals surface area (Å²) >= 11 is 0. The van der Waals surface area contributed by atoms with Crippen molar-refractivity contribution >= 4 is 21.8 Å². The van der Waals surface area contributed by atoms with Crippen LogP contribution in [-0.2, 0) is 5.41 Å². The summed E-state index contributed by atoms with van der Waals surface area (Å²) in [5.74, 6) is 0. The van der Waals surface area contributed by atoms with Crippen LogP contribution in [0.4, 0.5) is 0 Å². The van der Waals surface area contributed by atoms with E-state index < -0.39 is 5.41 Å². The topological polar surface area (TPSA) is 25.8 Å². The highest BCUT2D eigenvalue weighted by Crippen LogP contribution is 2.57. The van der Waals surface area contributed by atoms with E-state index in [1.165, 1.54) is 44.5 Å². The van der Waals surface area contributed by atoms with Crippen LogP contribution >= 0.6 is 0 Å². The molecule has 8 aromatic rings. The molecule has 0 saturated carbocycles. The highest BCUT2D eigenvalue weighted by atomic mass is 14.8. The van der Waals surface area contributed by atoms with E-state index >= 15 is 0 Å². The lowest BCUT2D eigenvalue weighted by molar-refractivity contribution is 0.769. The quantitative estimate of drug-likeness (QED) is 0.196. The first-order valence-electron chi connectivity index (χ1n) is 15.4. The number of aromatic nitrogens is 2. The van der Waals surface area contributed by atoms with Gasteiger partial charge in [-0.1, -0.05) is 140 Å². The van der Waals surface area contributed by atoms with E-state index in [0.29, 0.717) is 0 Å². The van der Waals surface area contributed by atoms with E-state index in [-0.39, 0.29) is 0 Å². The SMILES string of the molecule is c1ccc(-c2cc3c(cc2-c2ccc4ccc5cccnc5c4n2)-c2ccccc2C3(c2ccccc2)c2ccccc2)cc1. The van der Waals surface area contributed by atoms with Gasteiger partial charge >= 0.3 is 0 Å². The van der Waals surface area contributed by atoms with Gasteiger partial charge in [-0.05, 0) is 68.8 Å². The maximum atomic E-state index is 5.33. The maximum absolute atomic E-state index is 5.33. The summed E-state index contributed by atoms with van der Waals surface area (Å²) in [4.78, 5) is 10.1. The van der Waals surface area contributed by atoms with Crippen molar-refractivity contribution < 1.29 is 0 Å². The lowest BCUT2D eigenvalue weighted by Gasteiger charge is -2.34. The molecule has 0 N–H and O–H groups in total. The monoisotopic (exact) mass is 572 g/mol. The van der Waals surface area contributed by atoms with Gasteiger partial charge in [0.05, 0.1) is 22.1 Å². The fourth-order valence-electron chi connectivity index (χ4n) is 7.43. The zero-order valence-electron chi connectivity index (χ0n) is 24.6. The smallest absolute Gasteiger partial charge is 0.0972 e. The molecule has 0 saturated heterocycles. The second-order valence-corrected chi connectivity index (χ2v) is 11.7. The lowest BCUT2D eigenvalue weighted by Crippen LogP contribution is -2.28. The van der Waals surface area contributed by atoms with E-state index in [9.17, 15) is 0 Å². The molecular weight excluding hydrogens is 544 g/mol. The molecule has 0 amide bonds. The van der Waals surface area contributed by atoms with Crippen LogP contribution in [0, 0.1) is 0 Å². The molecule has 0 atom stereocenters. The van der Waals surface area contributed by atoms with Crippen LogP contribution in [0.1, 0.15) is 22.3 Å². The standard InChI is InChI=1S/C43H28N2/c1-4-13-29(14-5-1)35-28-39-36(27-37(35)40-25-24-31-23-22-30-15-12-26-44-41(30)42(31)45-40)34-20-10-11-21-38(34)43(39,32-16-6-2-7-17-32)33-18-8-3-9-19-33/h1-28H. The molecule has 0 aliphatic heterocycles. The molecule has 210 valence electrons. The molecule has 0 fully saturated rings. The van der Waals surface area contributed by atoms with Gasteiger partial charge in [-0.3, -0.25) is 4.98 Å². The summed E-state index contributed by atoms with van der Waals surface area (Å²) in [6.07, 6.45) is 1.85. The van der Waals surface area contributed by atoms with E-state index in [2.05, 4.69) is 158 Å². The molecular formula is C43H28N2. The molecule has 6 aromatic carbocycles. The molecule has 1 aliphatic rings. The van der Waals surface area contributed by atoms with Crippen LogP contribution in [0.15, 0.2) is 170 Å². The van der Waals surface area contributed by atoms with Gasteiger partial charge in [0.2, 0.25) is 0 Å². The van der Waals surface area contributed by atoms with Gasteiger partial charge in [0.25, 0.3) is 0 Å². The van der Waals surface area contributed by atoms with Crippen LogP contribution < -0.4 is 0 Å². The van der Waals surface area contributed by atoms with Gasteiger partial charge in [-0.2, -0.15) is 0 Å². The van der Waals surface area contributed by atoms with Crippen LogP contribution in [0.2, 0.25) is 0 Å². The minimum absolute atomic E-state index is 0.465. The highest BCUT2D eigenvalue weighted by molar-refractivity contribution is 6.04. The Kier molecular flexibility index (Phi) is 5.76. The fraction of sp³-hybridized carbons (Fsp3) is 0.0233. The number of nitrogens with zero attached hydrogens (tertiary/aromatic N) is 2. The number of fused-ring (bicyclic) bond motifs is 6. The average molecular weight is 573 g/mol. The molecule has 2 aromatic heterocycles. The Hall–Kier alpha value is -5.86. The molecule has 0 radical (unpaired) electrons. The highest BCUT2D eigenvalue weighted by Gasteiger charge is 2.46. The Morgan fingerprint density at radius 1 is 0.400 bits per heavy atom. The third-order valence-electron chi connectivity index (χ3n) is 9.39. The zero-order valence-corrected chi connectivity index (χ0v) is 24.6. The van der Waals surface area contributed by atoms with Crippen molar-refractivity contribution in [2.24, 2.45) is 0 Å². The summed E-state index contributed by atoms with van der Waals surface area (Å²) < 4.78 is 0. The Bertz CT molecular complexity index is 2320. The molecule has 0 bridgehead atoms. The van der Waals surface area contributed by atoms with Crippen molar-refractivity contribution in [3.05, 3.63) is 192 Å². The molecule has 1 aliphatic carbocycles. The summed E-state index contributed by atoms with van der Waals surface area (Å²) in [7, 11) is 0. The minimum Gasteiger partial charge on any atom is -0.254 e. The Morgan fingerprint density at radius 3 is 1.76 bits per heavy atom. The van der Waals surface area contributed by atoms with Crippen molar-refractivity contribution in [2.45, 2.75) is 5.41 Å². The van der Waals surface area contributed by atoms with Gasteiger partial charge in [-0.15, -0.1) is 0 Å². The van der Waals surface area contributed by atoms with Gasteiger partial charge in [0, 0.05) is 22.5 Å². The van der Waals surface area contributed by atoms with Gasteiger partial charge < -0.3 is 0 Å². The van der Waals surface area contributed by atoms with E-state index in [1.54, 1.807) is 0 Å². The molecule has 2 heteroatoms. The first-order valence-corrected chi connectivity index (χ1v) is 15.4. The zero-order chi connectivity index (χ0) is 29.8. The normalized spacial score (nSPS) is 13.1. The number of rotatable bonds is 4.